The number of carbonyl (C=O) groups is 3. The molecule has 0 saturated carbocycles. The van der Waals surface area contributed by atoms with Crippen LogP contribution in [0, 0.1) is 11.3 Å². The zero-order chi connectivity index (χ0) is 19.6. The van der Waals surface area contributed by atoms with E-state index in [2.05, 4.69) is 10.6 Å². The highest BCUT2D eigenvalue weighted by Crippen LogP contribution is 2.16. The number of carbonyl (C=O) groups excluding carboxylic acids is 3. The molecule has 0 aliphatic carbocycles. The van der Waals surface area contributed by atoms with Crippen LogP contribution in [-0.2, 0) is 14.3 Å². The molecule has 0 fully saturated rings. The fourth-order valence-corrected chi connectivity index (χ4v) is 2.08. The van der Waals surface area contributed by atoms with Gasteiger partial charge in [-0.2, -0.15) is 5.26 Å². The predicted molar refractivity (Wildman–Crippen MR) is 97.2 cm³/mol. The van der Waals surface area contributed by atoms with Crippen LogP contribution in [0.2, 0.25) is 0 Å². The Morgan fingerprint density at radius 1 is 1.00 bits per heavy atom. The van der Waals surface area contributed by atoms with Gasteiger partial charge in [-0.3, -0.25) is 9.59 Å². The van der Waals surface area contributed by atoms with Gasteiger partial charge in [0.2, 0.25) is 5.91 Å². The van der Waals surface area contributed by atoms with Crippen molar-refractivity contribution >= 4 is 29.2 Å². The van der Waals surface area contributed by atoms with Gasteiger partial charge in [-0.05, 0) is 36.4 Å². The Hall–Kier alpha value is -3.86. The number of nitrogens with zero attached hydrogens (tertiary/aromatic N) is 1. The Bertz CT molecular complexity index is 872. The standard InChI is InChI=1S/C19H17N3O5/c1-26-16-4-2-3-15(11-16)22-18(24)12-27-19(25)13-5-7-14(8-6-13)21-17(23)9-10-20/h2-8,11H,9,12H2,1H3,(H,21,23)(H,22,24). The molecule has 2 amide bonds. The van der Waals surface area contributed by atoms with E-state index in [9.17, 15) is 14.4 Å². The first kappa shape index (κ1) is 19.5. The smallest absolute Gasteiger partial charge is 0.338 e. The second-order valence-corrected chi connectivity index (χ2v) is 5.32. The summed E-state index contributed by atoms with van der Waals surface area (Å²) >= 11 is 0. The van der Waals surface area contributed by atoms with E-state index in [0.717, 1.165) is 0 Å². The van der Waals surface area contributed by atoms with E-state index < -0.39 is 24.4 Å². The molecule has 0 aromatic heterocycles. The third-order valence-corrected chi connectivity index (χ3v) is 3.33. The number of amides is 2. The number of ether oxygens (including phenoxy) is 2. The van der Waals surface area contributed by atoms with Gasteiger partial charge in [-0.15, -0.1) is 0 Å². The molecule has 0 spiro atoms. The van der Waals surface area contributed by atoms with Gasteiger partial charge in [0.15, 0.2) is 6.61 Å². The number of benzene rings is 2. The van der Waals surface area contributed by atoms with E-state index in [1.54, 1.807) is 30.3 Å². The molecular weight excluding hydrogens is 350 g/mol. The molecular formula is C19H17N3O5. The van der Waals surface area contributed by atoms with Crippen molar-refractivity contribution in [1.82, 2.24) is 0 Å². The molecule has 8 heteroatoms. The molecule has 27 heavy (non-hydrogen) atoms. The van der Waals surface area contributed by atoms with Gasteiger partial charge in [0.25, 0.3) is 5.91 Å². The van der Waals surface area contributed by atoms with Crippen molar-refractivity contribution in [3.63, 3.8) is 0 Å². The molecule has 0 unspecified atom stereocenters. The Morgan fingerprint density at radius 2 is 1.70 bits per heavy atom. The molecule has 0 radical (unpaired) electrons. The number of esters is 1. The summed E-state index contributed by atoms with van der Waals surface area (Å²) in [6.45, 7) is -0.448. The average Bonchev–Trinajstić information content (AvgIpc) is 2.67. The number of hydrogen-bond donors (Lipinski definition) is 2. The molecule has 0 saturated heterocycles. The van der Waals surface area contributed by atoms with Crippen molar-refractivity contribution in [2.24, 2.45) is 0 Å². The fourth-order valence-electron chi connectivity index (χ4n) is 2.08. The van der Waals surface area contributed by atoms with E-state index in [1.807, 2.05) is 0 Å². The van der Waals surface area contributed by atoms with Gasteiger partial charge >= 0.3 is 5.97 Å². The molecule has 0 aliphatic heterocycles. The Kier molecular flexibility index (Phi) is 6.91. The molecule has 0 atom stereocenters. The monoisotopic (exact) mass is 367 g/mol. The normalized spacial score (nSPS) is 9.63. The van der Waals surface area contributed by atoms with Crippen LogP contribution in [0.4, 0.5) is 11.4 Å². The van der Waals surface area contributed by atoms with Crippen LogP contribution in [-0.4, -0.2) is 31.5 Å². The predicted octanol–water partition coefficient (Wildman–Crippen LogP) is 2.34. The van der Waals surface area contributed by atoms with Gasteiger partial charge < -0.3 is 20.1 Å². The van der Waals surface area contributed by atoms with E-state index in [1.165, 1.54) is 31.4 Å². The lowest BCUT2D eigenvalue weighted by molar-refractivity contribution is -0.119. The quantitative estimate of drug-likeness (QED) is 0.725. The maximum atomic E-state index is 12.0. The first-order chi connectivity index (χ1) is 13.0. The highest BCUT2D eigenvalue weighted by atomic mass is 16.5. The number of anilines is 2. The molecule has 2 aromatic rings. The maximum Gasteiger partial charge on any atom is 0.338 e. The second-order valence-electron chi connectivity index (χ2n) is 5.32. The highest BCUT2D eigenvalue weighted by molar-refractivity contribution is 5.96. The SMILES string of the molecule is COc1cccc(NC(=O)COC(=O)c2ccc(NC(=O)CC#N)cc2)c1. The largest absolute Gasteiger partial charge is 0.497 e. The van der Waals surface area contributed by atoms with E-state index in [4.69, 9.17) is 14.7 Å². The minimum atomic E-state index is -0.675. The van der Waals surface area contributed by atoms with Crippen molar-refractivity contribution in [3.05, 3.63) is 54.1 Å². The van der Waals surface area contributed by atoms with Gasteiger partial charge in [-0.25, -0.2) is 4.79 Å². The molecule has 138 valence electrons. The lowest BCUT2D eigenvalue weighted by Crippen LogP contribution is -2.21. The average molecular weight is 367 g/mol. The van der Waals surface area contributed by atoms with Crippen LogP contribution < -0.4 is 15.4 Å². The Morgan fingerprint density at radius 3 is 2.37 bits per heavy atom. The molecule has 2 N–H and O–H groups in total. The van der Waals surface area contributed by atoms with E-state index in [0.29, 0.717) is 17.1 Å². The van der Waals surface area contributed by atoms with Crippen LogP contribution in [0.5, 0.6) is 5.75 Å². The summed E-state index contributed by atoms with van der Waals surface area (Å²) in [6.07, 6.45) is -0.258. The Balaban J connectivity index is 1.85. The summed E-state index contributed by atoms with van der Waals surface area (Å²) in [7, 11) is 1.52. The minimum Gasteiger partial charge on any atom is -0.497 e. The van der Waals surface area contributed by atoms with Crippen LogP contribution in [0.25, 0.3) is 0 Å². The summed E-state index contributed by atoms with van der Waals surface area (Å²) in [5, 5.41) is 13.5. The Labute approximate surface area is 155 Å². The van der Waals surface area contributed by atoms with Crippen molar-refractivity contribution in [2.45, 2.75) is 6.42 Å². The van der Waals surface area contributed by atoms with E-state index >= 15 is 0 Å². The lowest BCUT2D eigenvalue weighted by atomic mass is 10.2. The van der Waals surface area contributed by atoms with Crippen LogP contribution in [0.1, 0.15) is 16.8 Å². The molecule has 2 rings (SSSR count). The summed E-state index contributed by atoms with van der Waals surface area (Å²) in [6, 6.07) is 14.4. The number of methoxy groups -OCH3 is 1. The number of hydrogen-bond acceptors (Lipinski definition) is 6. The van der Waals surface area contributed by atoms with Crippen molar-refractivity contribution in [1.29, 1.82) is 5.26 Å². The first-order valence-electron chi connectivity index (χ1n) is 7.89. The zero-order valence-corrected chi connectivity index (χ0v) is 14.5. The third-order valence-electron chi connectivity index (χ3n) is 3.33. The summed E-state index contributed by atoms with van der Waals surface area (Å²) < 4.78 is 10.0. The third kappa shape index (κ3) is 6.17. The molecule has 8 nitrogen and oxygen atoms in total. The molecule has 0 aliphatic rings. The van der Waals surface area contributed by atoms with Gasteiger partial charge in [0.1, 0.15) is 12.2 Å². The highest BCUT2D eigenvalue weighted by Gasteiger charge is 2.11. The van der Waals surface area contributed by atoms with Crippen LogP contribution in [0.15, 0.2) is 48.5 Å². The first-order valence-corrected chi connectivity index (χ1v) is 7.89. The number of nitrogens with one attached hydrogen (secondary N) is 2. The summed E-state index contributed by atoms with van der Waals surface area (Å²) in [5.74, 6) is -1.02. The summed E-state index contributed by atoms with van der Waals surface area (Å²) in [5.41, 5.74) is 1.19. The van der Waals surface area contributed by atoms with Crippen molar-refractivity contribution in [2.75, 3.05) is 24.4 Å². The molecule has 0 bridgehead atoms. The molecule has 2 aromatic carbocycles. The van der Waals surface area contributed by atoms with E-state index in [-0.39, 0.29) is 12.0 Å². The summed E-state index contributed by atoms with van der Waals surface area (Å²) in [4.78, 5) is 35.2. The minimum absolute atomic E-state index is 0.225. The van der Waals surface area contributed by atoms with Gasteiger partial charge in [0, 0.05) is 17.4 Å². The lowest BCUT2D eigenvalue weighted by Gasteiger charge is -2.08. The maximum absolute atomic E-state index is 12.0. The van der Waals surface area contributed by atoms with Crippen molar-refractivity contribution in [3.8, 4) is 11.8 Å². The van der Waals surface area contributed by atoms with Gasteiger partial charge in [0.05, 0.1) is 18.7 Å². The fraction of sp³-hybridized carbons (Fsp3) is 0.158. The molecule has 0 heterocycles. The van der Waals surface area contributed by atoms with Crippen molar-refractivity contribution < 1.29 is 23.9 Å². The second kappa shape index (κ2) is 9.58. The van der Waals surface area contributed by atoms with Crippen LogP contribution >= 0.6 is 0 Å². The number of rotatable bonds is 7. The van der Waals surface area contributed by atoms with Gasteiger partial charge in [-0.1, -0.05) is 6.07 Å². The topological polar surface area (TPSA) is 118 Å². The van der Waals surface area contributed by atoms with Crippen LogP contribution in [0.3, 0.4) is 0 Å². The number of nitriles is 1. The zero-order valence-electron chi connectivity index (χ0n) is 14.5.